The number of rotatable bonds is 5. The summed E-state index contributed by atoms with van der Waals surface area (Å²) in [5.74, 6) is 0.961. The first-order chi connectivity index (χ1) is 9.56. The minimum atomic E-state index is 0.121. The minimum Gasteiger partial charge on any atom is -0.489 e. The second-order valence-electron chi connectivity index (χ2n) is 5.39. The van der Waals surface area contributed by atoms with Crippen LogP contribution in [0.15, 0.2) is 42.5 Å². The largest absolute Gasteiger partial charge is 0.489 e. The molecular formula is C18H23NO. The molecule has 1 N–H and O–H groups in total. The number of aryl methyl sites for hydroxylation is 3. The van der Waals surface area contributed by atoms with Crippen LogP contribution in [0.2, 0.25) is 0 Å². The zero-order valence-corrected chi connectivity index (χ0v) is 12.7. The van der Waals surface area contributed by atoms with Crippen molar-refractivity contribution in [2.45, 2.75) is 33.8 Å². The van der Waals surface area contributed by atoms with Crippen LogP contribution < -0.4 is 10.1 Å². The number of anilines is 1. The van der Waals surface area contributed by atoms with E-state index in [1.54, 1.807) is 0 Å². The average Bonchev–Trinajstić information content (AvgIpc) is 2.42. The van der Waals surface area contributed by atoms with E-state index in [1.807, 2.05) is 18.2 Å². The first kappa shape index (κ1) is 14.4. The molecular weight excluding hydrogens is 246 g/mol. The Morgan fingerprint density at radius 2 is 1.75 bits per heavy atom. The number of hydrogen-bond donors (Lipinski definition) is 1. The average molecular weight is 269 g/mol. The van der Waals surface area contributed by atoms with Gasteiger partial charge in [-0.05, 0) is 56.5 Å². The summed E-state index contributed by atoms with van der Waals surface area (Å²) in [5, 5.41) is 3.47. The van der Waals surface area contributed by atoms with Crippen LogP contribution in [-0.2, 0) is 0 Å². The molecule has 2 heteroatoms. The summed E-state index contributed by atoms with van der Waals surface area (Å²) in [6, 6.07) is 14.6. The molecule has 2 aromatic carbocycles. The van der Waals surface area contributed by atoms with Gasteiger partial charge >= 0.3 is 0 Å². The normalized spacial score (nSPS) is 12.0. The topological polar surface area (TPSA) is 21.3 Å². The number of hydrogen-bond acceptors (Lipinski definition) is 2. The molecule has 0 radical (unpaired) electrons. The zero-order valence-electron chi connectivity index (χ0n) is 12.7. The fraction of sp³-hybridized carbons (Fsp3) is 0.333. The lowest BCUT2D eigenvalue weighted by Gasteiger charge is -2.18. The molecule has 0 aliphatic heterocycles. The highest BCUT2D eigenvalue weighted by atomic mass is 16.5. The lowest BCUT2D eigenvalue weighted by atomic mass is 10.1. The molecule has 0 saturated heterocycles. The van der Waals surface area contributed by atoms with E-state index in [0.717, 1.165) is 12.3 Å². The summed E-state index contributed by atoms with van der Waals surface area (Å²) in [4.78, 5) is 0. The van der Waals surface area contributed by atoms with Crippen molar-refractivity contribution in [3.05, 3.63) is 59.2 Å². The van der Waals surface area contributed by atoms with Crippen LogP contribution in [0.1, 0.15) is 23.6 Å². The maximum atomic E-state index is 5.97. The van der Waals surface area contributed by atoms with Gasteiger partial charge < -0.3 is 10.1 Å². The van der Waals surface area contributed by atoms with Gasteiger partial charge in [-0.15, -0.1) is 0 Å². The third kappa shape index (κ3) is 3.77. The van der Waals surface area contributed by atoms with Gasteiger partial charge in [-0.2, -0.15) is 0 Å². The Kier molecular flexibility index (Phi) is 4.67. The van der Waals surface area contributed by atoms with E-state index in [1.165, 1.54) is 22.4 Å². The van der Waals surface area contributed by atoms with E-state index in [2.05, 4.69) is 57.3 Å². The highest BCUT2D eigenvalue weighted by Crippen LogP contribution is 2.19. The van der Waals surface area contributed by atoms with Gasteiger partial charge in [0.1, 0.15) is 11.9 Å². The molecule has 1 unspecified atom stereocenters. The van der Waals surface area contributed by atoms with Crippen LogP contribution in [0.25, 0.3) is 0 Å². The maximum Gasteiger partial charge on any atom is 0.122 e. The van der Waals surface area contributed by atoms with Crippen LogP contribution >= 0.6 is 0 Å². The quantitative estimate of drug-likeness (QED) is 0.863. The van der Waals surface area contributed by atoms with Crippen LogP contribution in [-0.4, -0.2) is 12.6 Å². The monoisotopic (exact) mass is 269 g/mol. The van der Waals surface area contributed by atoms with Crippen LogP contribution in [0.5, 0.6) is 5.75 Å². The van der Waals surface area contributed by atoms with Gasteiger partial charge in [-0.25, -0.2) is 0 Å². The van der Waals surface area contributed by atoms with Crippen molar-refractivity contribution in [1.29, 1.82) is 0 Å². The summed E-state index contributed by atoms with van der Waals surface area (Å²) in [6.45, 7) is 9.18. The van der Waals surface area contributed by atoms with Gasteiger partial charge in [0.2, 0.25) is 0 Å². The molecule has 0 fully saturated rings. The molecule has 0 bridgehead atoms. The Morgan fingerprint density at radius 3 is 2.50 bits per heavy atom. The second-order valence-corrected chi connectivity index (χ2v) is 5.39. The summed E-state index contributed by atoms with van der Waals surface area (Å²) in [5.41, 5.74) is 4.89. The number of ether oxygens (including phenoxy) is 1. The second kappa shape index (κ2) is 6.47. The Morgan fingerprint density at radius 1 is 1.00 bits per heavy atom. The number of benzene rings is 2. The van der Waals surface area contributed by atoms with E-state index >= 15 is 0 Å². The summed E-state index contributed by atoms with van der Waals surface area (Å²) in [7, 11) is 0. The van der Waals surface area contributed by atoms with Crippen LogP contribution in [0.3, 0.4) is 0 Å². The third-order valence-corrected chi connectivity index (χ3v) is 3.39. The lowest BCUT2D eigenvalue weighted by Crippen LogP contribution is -2.23. The standard InChI is InChI=1S/C18H23NO/c1-13-9-10-14(2)17(11-13)19-12-16(4)20-18-8-6-5-7-15(18)3/h5-11,16,19H,12H2,1-4H3. The summed E-state index contributed by atoms with van der Waals surface area (Å²) < 4.78 is 5.97. The molecule has 1 atom stereocenters. The molecule has 0 aromatic heterocycles. The van der Waals surface area contributed by atoms with Crippen molar-refractivity contribution in [1.82, 2.24) is 0 Å². The minimum absolute atomic E-state index is 0.121. The van der Waals surface area contributed by atoms with E-state index in [-0.39, 0.29) is 6.10 Å². The maximum absolute atomic E-state index is 5.97. The highest BCUT2D eigenvalue weighted by Gasteiger charge is 2.06. The molecule has 106 valence electrons. The van der Waals surface area contributed by atoms with Gasteiger partial charge in [-0.3, -0.25) is 0 Å². The van der Waals surface area contributed by atoms with E-state index < -0.39 is 0 Å². The molecule has 0 aliphatic rings. The predicted octanol–water partition coefficient (Wildman–Crippen LogP) is 4.49. The fourth-order valence-corrected chi connectivity index (χ4v) is 2.13. The van der Waals surface area contributed by atoms with Gasteiger partial charge in [0.15, 0.2) is 0 Å². The molecule has 0 amide bonds. The Balaban J connectivity index is 1.94. The molecule has 0 spiro atoms. The summed E-state index contributed by atoms with van der Waals surface area (Å²) >= 11 is 0. The van der Waals surface area contributed by atoms with Gasteiger partial charge in [0, 0.05) is 5.69 Å². The first-order valence-corrected chi connectivity index (χ1v) is 7.09. The van der Waals surface area contributed by atoms with E-state index in [4.69, 9.17) is 4.74 Å². The van der Waals surface area contributed by atoms with Crippen molar-refractivity contribution < 1.29 is 4.74 Å². The van der Waals surface area contributed by atoms with Gasteiger partial charge in [-0.1, -0.05) is 30.3 Å². The van der Waals surface area contributed by atoms with Gasteiger partial charge in [0.25, 0.3) is 0 Å². The van der Waals surface area contributed by atoms with E-state index in [0.29, 0.717) is 0 Å². The Hall–Kier alpha value is -1.96. The Labute approximate surface area is 121 Å². The highest BCUT2D eigenvalue weighted by molar-refractivity contribution is 5.52. The molecule has 20 heavy (non-hydrogen) atoms. The predicted molar refractivity (Wildman–Crippen MR) is 85.7 cm³/mol. The zero-order chi connectivity index (χ0) is 14.5. The molecule has 0 aliphatic carbocycles. The van der Waals surface area contributed by atoms with Crippen molar-refractivity contribution in [2.75, 3.05) is 11.9 Å². The molecule has 2 nitrogen and oxygen atoms in total. The third-order valence-electron chi connectivity index (χ3n) is 3.39. The lowest BCUT2D eigenvalue weighted by molar-refractivity contribution is 0.233. The molecule has 0 saturated carbocycles. The van der Waals surface area contributed by atoms with Crippen molar-refractivity contribution in [2.24, 2.45) is 0 Å². The first-order valence-electron chi connectivity index (χ1n) is 7.09. The SMILES string of the molecule is Cc1ccc(C)c(NCC(C)Oc2ccccc2C)c1. The van der Waals surface area contributed by atoms with Crippen LogP contribution in [0.4, 0.5) is 5.69 Å². The summed E-state index contributed by atoms with van der Waals surface area (Å²) in [6.07, 6.45) is 0.121. The molecule has 2 rings (SSSR count). The van der Waals surface area contributed by atoms with Gasteiger partial charge in [0.05, 0.1) is 6.54 Å². The molecule has 2 aromatic rings. The fourth-order valence-electron chi connectivity index (χ4n) is 2.13. The van der Waals surface area contributed by atoms with Crippen molar-refractivity contribution in [3.63, 3.8) is 0 Å². The smallest absolute Gasteiger partial charge is 0.122 e. The van der Waals surface area contributed by atoms with Crippen molar-refractivity contribution >= 4 is 5.69 Å². The molecule has 0 heterocycles. The van der Waals surface area contributed by atoms with E-state index in [9.17, 15) is 0 Å². The van der Waals surface area contributed by atoms with Crippen molar-refractivity contribution in [3.8, 4) is 5.75 Å². The number of para-hydroxylation sites is 1. The number of nitrogens with one attached hydrogen (secondary N) is 1. The van der Waals surface area contributed by atoms with Crippen LogP contribution in [0, 0.1) is 20.8 Å². The Bertz CT molecular complexity index is 577.